The van der Waals surface area contributed by atoms with E-state index in [-0.39, 0.29) is 0 Å². The third-order valence-corrected chi connectivity index (χ3v) is 2.03. The summed E-state index contributed by atoms with van der Waals surface area (Å²) in [4.78, 5) is 4.05. The van der Waals surface area contributed by atoms with Crippen molar-refractivity contribution in [1.29, 1.82) is 0 Å². The molecular weight excluding hydrogens is 160 g/mol. The van der Waals surface area contributed by atoms with Crippen molar-refractivity contribution in [2.24, 2.45) is 4.99 Å². The van der Waals surface area contributed by atoms with E-state index in [0.29, 0.717) is 0 Å². The molecule has 0 bridgehead atoms. The van der Waals surface area contributed by atoms with Gasteiger partial charge in [0.1, 0.15) is 0 Å². The molecule has 13 heavy (non-hydrogen) atoms. The number of amidine groups is 1. The summed E-state index contributed by atoms with van der Waals surface area (Å²) >= 11 is 0. The Kier molecular flexibility index (Phi) is 3.07. The minimum Gasteiger partial charge on any atom is -0.344 e. The van der Waals surface area contributed by atoms with Crippen molar-refractivity contribution in [2.75, 3.05) is 12.4 Å². The Morgan fingerprint density at radius 3 is 2.54 bits per heavy atom. The molecule has 0 atom stereocenters. The first-order chi connectivity index (χ1) is 6.13. The lowest BCUT2D eigenvalue weighted by Crippen LogP contribution is -2.07. The second-order valence-electron chi connectivity index (χ2n) is 3.25. The third kappa shape index (κ3) is 2.58. The fourth-order valence-corrected chi connectivity index (χ4v) is 1.20. The number of nitrogens with zero attached hydrogens (tertiary/aromatic N) is 1. The zero-order valence-electron chi connectivity index (χ0n) is 8.68. The molecule has 0 saturated heterocycles. The Morgan fingerprint density at radius 1 is 1.31 bits per heavy atom. The van der Waals surface area contributed by atoms with E-state index >= 15 is 0 Å². The Bertz CT molecular complexity index is 327. The first-order valence-corrected chi connectivity index (χ1v) is 4.41. The quantitative estimate of drug-likeness (QED) is 0.516. The number of anilines is 1. The summed E-state index contributed by atoms with van der Waals surface area (Å²) in [7, 11) is 1.78. The van der Waals surface area contributed by atoms with Gasteiger partial charge in [-0.05, 0) is 32.4 Å². The van der Waals surface area contributed by atoms with Crippen molar-refractivity contribution in [1.82, 2.24) is 0 Å². The van der Waals surface area contributed by atoms with Gasteiger partial charge in [-0.1, -0.05) is 17.7 Å². The van der Waals surface area contributed by atoms with E-state index < -0.39 is 0 Å². The minimum atomic E-state index is 0.937. The summed E-state index contributed by atoms with van der Waals surface area (Å²) in [6, 6.07) is 6.34. The second-order valence-corrected chi connectivity index (χ2v) is 3.25. The predicted molar refractivity (Wildman–Crippen MR) is 58.6 cm³/mol. The maximum absolute atomic E-state index is 4.05. The lowest BCUT2D eigenvalue weighted by atomic mass is 10.1. The number of rotatable bonds is 1. The maximum Gasteiger partial charge on any atom is 0.0972 e. The highest BCUT2D eigenvalue weighted by Gasteiger charge is 1.97. The number of hydrogen-bond donors (Lipinski definition) is 1. The highest BCUT2D eigenvalue weighted by molar-refractivity contribution is 5.94. The average molecular weight is 176 g/mol. The fraction of sp³-hybridized carbons (Fsp3) is 0.364. The van der Waals surface area contributed by atoms with E-state index in [2.05, 4.69) is 42.4 Å². The molecule has 0 saturated carbocycles. The molecule has 1 N–H and O–H groups in total. The van der Waals surface area contributed by atoms with Crippen LogP contribution in [0.5, 0.6) is 0 Å². The molecule has 0 amide bonds. The van der Waals surface area contributed by atoms with Crippen molar-refractivity contribution in [3.63, 3.8) is 0 Å². The van der Waals surface area contributed by atoms with Gasteiger partial charge in [0, 0.05) is 12.7 Å². The normalized spacial score (nSPS) is 11.5. The van der Waals surface area contributed by atoms with Gasteiger partial charge in [0.15, 0.2) is 0 Å². The third-order valence-electron chi connectivity index (χ3n) is 2.03. The molecule has 0 spiro atoms. The number of nitrogens with one attached hydrogen (secondary N) is 1. The van der Waals surface area contributed by atoms with Crippen LogP contribution in [0, 0.1) is 13.8 Å². The van der Waals surface area contributed by atoms with Crippen molar-refractivity contribution >= 4 is 11.5 Å². The van der Waals surface area contributed by atoms with E-state index in [0.717, 1.165) is 11.5 Å². The Hall–Kier alpha value is -1.31. The molecule has 0 fully saturated rings. The average Bonchev–Trinajstić information content (AvgIpc) is 2.09. The Balaban J connectivity index is 2.90. The van der Waals surface area contributed by atoms with Gasteiger partial charge in [0.25, 0.3) is 0 Å². The van der Waals surface area contributed by atoms with E-state index in [1.54, 1.807) is 7.05 Å². The van der Waals surface area contributed by atoms with Crippen LogP contribution >= 0.6 is 0 Å². The first-order valence-electron chi connectivity index (χ1n) is 4.41. The van der Waals surface area contributed by atoms with Crippen LogP contribution < -0.4 is 5.32 Å². The number of hydrogen-bond acceptors (Lipinski definition) is 1. The number of benzene rings is 1. The van der Waals surface area contributed by atoms with E-state index in [9.17, 15) is 0 Å². The minimum absolute atomic E-state index is 0.937. The van der Waals surface area contributed by atoms with Crippen LogP contribution in [0.25, 0.3) is 0 Å². The lowest BCUT2D eigenvalue weighted by Gasteiger charge is -2.08. The molecule has 1 rings (SSSR count). The van der Waals surface area contributed by atoms with Crippen LogP contribution in [-0.4, -0.2) is 12.9 Å². The molecule has 0 aliphatic carbocycles. The molecule has 0 aliphatic heterocycles. The van der Waals surface area contributed by atoms with Gasteiger partial charge in [-0.3, -0.25) is 4.99 Å². The number of aliphatic imine (C=N–C) groups is 1. The summed E-state index contributed by atoms with van der Waals surface area (Å²) in [6.07, 6.45) is 0. The molecule has 0 aromatic heterocycles. The topological polar surface area (TPSA) is 24.4 Å². The summed E-state index contributed by atoms with van der Waals surface area (Å²) in [6.45, 7) is 6.15. The highest BCUT2D eigenvalue weighted by atomic mass is 15.0. The van der Waals surface area contributed by atoms with Crippen molar-refractivity contribution in [2.45, 2.75) is 20.8 Å². The molecule has 1 aromatic carbocycles. The van der Waals surface area contributed by atoms with Gasteiger partial charge in [-0.2, -0.15) is 0 Å². The summed E-state index contributed by atoms with van der Waals surface area (Å²) in [5.74, 6) is 0.937. The molecule has 0 unspecified atom stereocenters. The smallest absolute Gasteiger partial charge is 0.0972 e. The van der Waals surface area contributed by atoms with Crippen LogP contribution in [0.1, 0.15) is 18.1 Å². The summed E-state index contributed by atoms with van der Waals surface area (Å²) in [5, 5.41) is 3.24. The highest BCUT2D eigenvalue weighted by Crippen LogP contribution is 2.15. The van der Waals surface area contributed by atoms with Crippen molar-refractivity contribution in [3.05, 3.63) is 29.3 Å². The second kappa shape index (κ2) is 4.08. The molecule has 70 valence electrons. The molecule has 0 radical (unpaired) electrons. The van der Waals surface area contributed by atoms with Gasteiger partial charge >= 0.3 is 0 Å². The SMILES string of the molecule is C/N=C(/C)Nc1ccc(C)cc1C. The van der Waals surface area contributed by atoms with Gasteiger partial charge in [-0.25, -0.2) is 0 Å². The van der Waals surface area contributed by atoms with E-state index in [1.807, 2.05) is 6.92 Å². The predicted octanol–water partition coefficient (Wildman–Crippen LogP) is 2.76. The van der Waals surface area contributed by atoms with E-state index in [4.69, 9.17) is 0 Å². The Morgan fingerprint density at radius 2 is 2.00 bits per heavy atom. The van der Waals surface area contributed by atoms with Crippen molar-refractivity contribution < 1.29 is 0 Å². The maximum atomic E-state index is 4.05. The summed E-state index contributed by atoms with van der Waals surface area (Å²) in [5.41, 5.74) is 3.67. The van der Waals surface area contributed by atoms with E-state index in [1.165, 1.54) is 11.1 Å². The van der Waals surface area contributed by atoms with Crippen LogP contribution in [0.2, 0.25) is 0 Å². The zero-order valence-corrected chi connectivity index (χ0v) is 8.68. The zero-order chi connectivity index (χ0) is 9.84. The number of aryl methyl sites for hydroxylation is 2. The molecule has 0 heterocycles. The van der Waals surface area contributed by atoms with Crippen LogP contribution in [0.3, 0.4) is 0 Å². The van der Waals surface area contributed by atoms with Gasteiger partial charge in [0.05, 0.1) is 5.84 Å². The summed E-state index contributed by atoms with van der Waals surface area (Å²) < 4.78 is 0. The van der Waals surface area contributed by atoms with Crippen molar-refractivity contribution in [3.8, 4) is 0 Å². The first kappa shape index (κ1) is 9.78. The Labute approximate surface area is 79.7 Å². The lowest BCUT2D eigenvalue weighted by molar-refractivity contribution is 1.35. The monoisotopic (exact) mass is 176 g/mol. The molecule has 1 aromatic rings. The molecule has 2 heteroatoms. The molecule has 0 aliphatic rings. The van der Waals surface area contributed by atoms with Gasteiger partial charge < -0.3 is 5.32 Å². The largest absolute Gasteiger partial charge is 0.344 e. The van der Waals surface area contributed by atoms with Gasteiger partial charge in [0.2, 0.25) is 0 Å². The molecular formula is C11H16N2. The van der Waals surface area contributed by atoms with Gasteiger partial charge in [-0.15, -0.1) is 0 Å². The molecule has 2 nitrogen and oxygen atoms in total. The van der Waals surface area contributed by atoms with Crippen LogP contribution in [-0.2, 0) is 0 Å². The standard InChI is InChI=1S/C11H16N2/c1-8-5-6-11(9(2)7-8)13-10(3)12-4/h5-7H,1-4H3,(H,12,13). The van der Waals surface area contributed by atoms with Crippen LogP contribution in [0.15, 0.2) is 23.2 Å². The van der Waals surface area contributed by atoms with Crippen LogP contribution in [0.4, 0.5) is 5.69 Å². The fourth-order valence-electron chi connectivity index (χ4n) is 1.20.